The summed E-state index contributed by atoms with van der Waals surface area (Å²) in [5, 5.41) is 12.6. The molecular weight excluding hydrogens is 228 g/mol. The van der Waals surface area contributed by atoms with Gasteiger partial charge in [-0.2, -0.15) is 0 Å². The van der Waals surface area contributed by atoms with E-state index in [0.29, 0.717) is 6.54 Å². The molecule has 1 aromatic rings. The molecule has 1 fully saturated rings. The largest absolute Gasteiger partial charge is 0.394 e. The van der Waals surface area contributed by atoms with Gasteiger partial charge in [0.05, 0.1) is 12.6 Å². The van der Waals surface area contributed by atoms with Crippen molar-refractivity contribution in [2.24, 2.45) is 0 Å². The molecule has 18 heavy (non-hydrogen) atoms. The fourth-order valence-electron chi connectivity index (χ4n) is 2.27. The Morgan fingerprint density at radius 3 is 3.17 bits per heavy atom. The lowest BCUT2D eigenvalue weighted by atomic mass is 10.0. The normalized spacial score (nSPS) is 19.6. The summed E-state index contributed by atoms with van der Waals surface area (Å²) in [7, 11) is 0. The molecule has 0 aliphatic carbocycles. The number of hydrogen-bond donors (Lipinski definition) is 2. The molecule has 0 bridgehead atoms. The van der Waals surface area contributed by atoms with Gasteiger partial charge in [-0.05, 0) is 19.3 Å². The van der Waals surface area contributed by atoms with Crippen LogP contribution < -0.4 is 10.2 Å². The molecule has 5 nitrogen and oxygen atoms in total. The number of piperidine rings is 1. The first-order chi connectivity index (χ1) is 8.85. The van der Waals surface area contributed by atoms with E-state index in [1.165, 1.54) is 6.42 Å². The quantitative estimate of drug-likeness (QED) is 0.772. The molecule has 0 radical (unpaired) electrons. The van der Waals surface area contributed by atoms with Crippen LogP contribution in [0.4, 0.5) is 11.6 Å². The Labute approximate surface area is 108 Å². The lowest BCUT2D eigenvalue weighted by Crippen LogP contribution is -2.42. The van der Waals surface area contributed by atoms with Crippen LogP contribution in [0.15, 0.2) is 25.0 Å². The van der Waals surface area contributed by atoms with Gasteiger partial charge < -0.3 is 15.3 Å². The van der Waals surface area contributed by atoms with Crippen molar-refractivity contribution < 1.29 is 5.11 Å². The first-order valence-corrected chi connectivity index (χ1v) is 6.39. The molecule has 1 unspecified atom stereocenters. The molecule has 1 atom stereocenters. The average Bonchev–Trinajstić information content (AvgIpc) is 2.45. The smallest absolute Gasteiger partial charge is 0.134 e. The second-order valence-corrected chi connectivity index (χ2v) is 4.46. The van der Waals surface area contributed by atoms with Crippen molar-refractivity contribution >= 4 is 11.6 Å². The van der Waals surface area contributed by atoms with E-state index < -0.39 is 0 Å². The van der Waals surface area contributed by atoms with Crippen molar-refractivity contribution in [3.63, 3.8) is 0 Å². The lowest BCUT2D eigenvalue weighted by Gasteiger charge is -2.35. The van der Waals surface area contributed by atoms with Crippen LogP contribution in [0, 0.1) is 0 Å². The summed E-state index contributed by atoms with van der Waals surface area (Å²) in [5.41, 5.74) is 0. The zero-order valence-corrected chi connectivity index (χ0v) is 10.5. The van der Waals surface area contributed by atoms with Crippen LogP contribution in [0.5, 0.6) is 0 Å². The molecule has 1 aliphatic rings. The zero-order valence-electron chi connectivity index (χ0n) is 10.5. The fourth-order valence-corrected chi connectivity index (χ4v) is 2.27. The van der Waals surface area contributed by atoms with E-state index in [9.17, 15) is 5.11 Å². The highest BCUT2D eigenvalue weighted by Crippen LogP contribution is 2.23. The Morgan fingerprint density at radius 1 is 1.50 bits per heavy atom. The Balaban J connectivity index is 2.12. The maximum absolute atomic E-state index is 9.42. The van der Waals surface area contributed by atoms with Crippen LogP contribution in [0.3, 0.4) is 0 Å². The van der Waals surface area contributed by atoms with E-state index in [1.807, 2.05) is 6.07 Å². The summed E-state index contributed by atoms with van der Waals surface area (Å²) in [6, 6.07) is 2.11. The highest BCUT2D eigenvalue weighted by atomic mass is 16.3. The molecule has 0 amide bonds. The third-order valence-electron chi connectivity index (χ3n) is 3.21. The van der Waals surface area contributed by atoms with Gasteiger partial charge in [0.1, 0.15) is 18.0 Å². The number of aromatic nitrogens is 2. The molecule has 2 heterocycles. The summed E-state index contributed by atoms with van der Waals surface area (Å²) in [5.74, 6) is 1.68. The second-order valence-electron chi connectivity index (χ2n) is 4.46. The first-order valence-electron chi connectivity index (χ1n) is 6.39. The fraction of sp³-hybridized carbons (Fsp3) is 0.538. The number of hydrogen-bond acceptors (Lipinski definition) is 5. The summed E-state index contributed by atoms with van der Waals surface area (Å²) in [4.78, 5) is 10.6. The van der Waals surface area contributed by atoms with E-state index in [1.54, 1.807) is 12.4 Å². The van der Waals surface area contributed by atoms with E-state index in [2.05, 4.69) is 26.8 Å². The molecule has 0 spiro atoms. The molecule has 2 N–H and O–H groups in total. The van der Waals surface area contributed by atoms with E-state index in [-0.39, 0.29) is 12.6 Å². The average molecular weight is 248 g/mol. The van der Waals surface area contributed by atoms with Gasteiger partial charge in [0.25, 0.3) is 0 Å². The molecular formula is C13H20N4O. The van der Waals surface area contributed by atoms with Crippen molar-refractivity contribution in [3.8, 4) is 0 Å². The van der Waals surface area contributed by atoms with Crippen LogP contribution in [-0.2, 0) is 0 Å². The second kappa shape index (κ2) is 6.35. The van der Waals surface area contributed by atoms with Gasteiger partial charge in [-0.25, -0.2) is 9.97 Å². The summed E-state index contributed by atoms with van der Waals surface area (Å²) >= 11 is 0. The van der Waals surface area contributed by atoms with E-state index in [0.717, 1.165) is 31.0 Å². The predicted octanol–water partition coefficient (Wildman–Crippen LogP) is 1.43. The van der Waals surface area contributed by atoms with Crippen molar-refractivity contribution in [1.82, 2.24) is 9.97 Å². The number of aliphatic hydroxyl groups excluding tert-OH is 1. The van der Waals surface area contributed by atoms with E-state index >= 15 is 0 Å². The van der Waals surface area contributed by atoms with Gasteiger partial charge in [0.2, 0.25) is 0 Å². The maximum Gasteiger partial charge on any atom is 0.134 e. The SMILES string of the molecule is C=CCNc1cc(N2CCCCC2CO)ncn1. The lowest BCUT2D eigenvalue weighted by molar-refractivity contribution is 0.239. The van der Waals surface area contributed by atoms with Gasteiger partial charge in [-0.3, -0.25) is 0 Å². The number of nitrogens with one attached hydrogen (secondary N) is 1. The van der Waals surface area contributed by atoms with Gasteiger partial charge in [0, 0.05) is 19.2 Å². The number of aliphatic hydroxyl groups is 1. The van der Waals surface area contributed by atoms with E-state index in [4.69, 9.17) is 0 Å². The highest BCUT2D eigenvalue weighted by molar-refractivity contribution is 5.49. The molecule has 0 saturated carbocycles. The number of nitrogens with zero attached hydrogens (tertiary/aromatic N) is 3. The van der Waals surface area contributed by atoms with Crippen LogP contribution in [0.2, 0.25) is 0 Å². The minimum absolute atomic E-state index is 0.180. The monoisotopic (exact) mass is 248 g/mol. The van der Waals surface area contributed by atoms with Crippen LogP contribution in [0.1, 0.15) is 19.3 Å². The van der Waals surface area contributed by atoms with Crippen molar-refractivity contribution in [2.75, 3.05) is 29.9 Å². The van der Waals surface area contributed by atoms with Gasteiger partial charge in [-0.1, -0.05) is 6.08 Å². The van der Waals surface area contributed by atoms with Crippen molar-refractivity contribution in [2.45, 2.75) is 25.3 Å². The summed E-state index contributed by atoms with van der Waals surface area (Å²) in [6.07, 6.45) is 6.70. The third-order valence-corrected chi connectivity index (χ3v) is 3.21. The number of rotatable bonds is 5. The third kappa shape index (κ3) is 2.98. The first kappa shape index (κ1) is 12.8. The standard InChI is InChI=1S/C13H20N4O/c1-2-6-14-12-8-13(16-10-15-12)17-7-4-3-5-11(17)9-18/h2,8,10-11,18H,1,3-7,9H2,(H,14,15,16). The number of anilines is 2. The van der Waals surface area contributed by atoms with Gasteiger partial charge >= 0.3 is 0 Å². The van der Waals surface area contributed by atoms with Gasteiger partial charge in [0.15, 0.2) is 0 Å². The molecule has 1 aromatic heterocycles. The van der Waals surface area contributed by atoms with Crippen molar-refractivity contribution in [3.05, 3.63) is 25.0 Å². The molecule has 0 aromatic carbocycles. The van der Waals surface area contributed by atoms with Gasteiger partial charge in [-0.15, -0.1) is 6.58 Å². The zero-order chi connectivity index (χ0) is 12.8. The minimum atomic E-state index is 0.180. The van der Waals surface area contributed by atoms with Crippen molar-refractivity contribution in [1.29, 1.82) is 0 Å². The van der Waals surface area contributed by atoms with Crippen LogP contribution in [-0.4, -0.2) is 40.8 Å². The van der Waals surface area contributed by atoms with Crippen LogP contribution in [0.25, 0.3) is 0 Å². The molecule has 1 aliphatic heterocycles. The van der Waals surface area contributed by atoms with Crippen LogP contribution >= 0.6 is 0 Å². The highest BCUT2D eigenvalue weighted by Gasteiger charge is 2.22. The molecule has 5 heteroatoms. The topological polar surface area (TPSA) is 61.3 Å². The Kier molecular flexibility index (Phi) is 4.52. The summed E-state index contributed by atoms with van der Waals surface area (Å²) < 4.78 is 0. The maximum atomic E-state index is 9.42. The molecule has 2 rings (SSSR count). The summed E-state index contributed by atoms with van der Waals surface area (Å²) in [6.45, 7) is 5.47. The molecule has 98 valence electrons. The Bertz CT molecular complexity index is 396. The molecule has 1 saturated heterocycles. The Hall–Kier alpha value is -1.62. The predicted molar refractivity (Wildman–Crippen MR) is 72.8 cm³/mol. The Morgan fingerprint density at radius 2 is 2.39 bits per heavy atom. The minimum Gasteiger partial charge on any atom is -0.394 e.